The number of aromatic nitrogens is 2. The summed E-state index contributed by atoms with van der Waals surface area (Å²) in [7, 11) is 0. The minimum atomic E-state index is -0.0495. The summed E-state index contributed by atoms with van der Waals surface area (Å²) in [5, 5.41) is 6.57. The molecule has 0 aliphatic carbocycles. The molecule has 2 aromatic carbocycles. The predicted octanol–water partition coefficient (Wildman–Crippen LogP) is 5.09. The summed E-state index contributed by atoms with van der Waals surface area (Å²) in [6.07, 6.45) is 3.00. The van der Waals surface area contributed by atoms with Crippen molar-refractivity contribution in [1.29, 1.82) is 0 Å². The highest BCUT2D eigenvalue weighted by Crippen LogP contribution is 2.30. The Labute approximate surface area is 161 Å². The number of hydrogen-bond acceptors (Lipinski definition) is 4. The van der Waals surface area contributed by atoms with Gasteiger partial charge >= 0.3 is 0 Å². The average Bonchev–Trinajstić information content (AvgIpc) is 3.33. The Morgan fingerprint density at radius 3 is 2.81 bits per heavy atom. The summed E-state index contributed by atoms with van der Waals surface area (Å²) in [6.45, 7) is 0.510. The Morgan fingerprint density at radius 2 is 1.93 bits per heavy atom. The zero-order chi connectivity index (χ0) is 18.5. The van der Waals surface area contributed by atoms with Crippen LogP contribution in [0.25, 0.3) is 22.2 Å². The molecule has 4 rings (SSSR count). The molecule has 2 N–H and O–H groups in total. The van der Waals surface area contributed by atoms with E-state index in [-0.39, 0.29) is 5.91 Å². The van der Waals surface area contributed by atoms with Crippen molar-refractivity contribution in [1.82, 2.24) is 9.97 Å². The molecule has 27 heavy (non-hydrogen) atoms. The first-order chi connectivity index (χ1) is 13.3. The summed E-state index contributed by atoms with van der Waals surface area (Å²) < 4.78 is 5.60. The summed E-state index contributed by atoms with van der Waals surface area (Å²) >= 11 is 1.43. The first-order valence-electron chi connectivity index (χ1n) is 8.79. The molecule has 136 valence electrons. The molecule has 0 aliphatic heterocycles. The molecule has 0 saturated heterocycles. The van der Waals surface area contributed by atoms with Gasteiger partial charge in [0.2, 0.25) is 5.91 Å². The number of thiazole rings is 1. The van der Waals surface area contributed by atoms with Crippen LogP contribution >= 0.6 is 11.3 Å². The van der Waals surface area contributed by atoms with E-state index in [1.54, 1.807) is 0 Å². The van der Waals surface area contributed by atoms with E-state index in [2.05, 4.69) is 21.4 Å². The van der Waals surface area contributed by atoms with Crippen LogP contribution < -0.4 is 10.1 Å². The van der Waals surface area contributed by atoms with E-state index in [0.717, 1.165) is 27.9 Å². The van der Waals surface area contributed by atoms with Crippen LogP contribution in [0.1, 0.15) is 12.8 Å². The van der Waals surface area contributed by atoms with E-state index in [9.17, 15) is 4.79 Å². The highest BCUT2D eigenvalue weighted by Gasteiger charge is 2.11. The number of fused-ring (bicyclic) bond motifs is 1. The first kappa shape index (κ1) is 17.3. The van der Waals surface area contributed by atoms with Gasteiger partial charge < -0.3 is 15.0 Å². The molecule has 1 amide bonds. The van der Waals surface area contributed by atoms with Gasteiger partial charge in [0.05, 0.1) is 12.3 Å². The number of rotatable bonds is 7. The molecule has 0 radical (unpaired) electrons. The third-order valence-corrected chi connectivity index (χ3v) is 4.93. The van der Waals surface area contributed by atoms with Gasteiger partial charge in [-0.3, -0.25) is 4.79 Å². The van der Waals surface area contributed by atoms with Gasteiger partial charge in [-0.1, -0.05) is 36.4 Å². The van der Waals surface area contributed by atoms with Crippen LogP contribution in [-0.4, -0.2) is 22.5 Å². The fraction of sp³-hybridized carbons (Fsp3) is 0.143. The van der Waals surface area contributed by atoms with Gasteiger partial charge in [0.15, 0.2) is 5.13 Å². The van der Waals surface area contributed by atoms with Gasteiger partial charge in [0.1, 0.15) is 5.75 Å². The van der Waals surface area contributed by atoms with E-state index >= 15 is 0 Å². The van der Waals surface area contributed by atoms with Crippen LogP contribution in [0.4, 0.5) is 5.13 Å². The molecule has 0 spiro atoms. The topological polar surface area (TPSA) is 67.0 Å². The Balaban J connectivity index is 1.30. The number of ether oxygens (including phenoxy) is 1. The van der Waals surface area contributed by atoms with Crippen molar-refractivity contribution >= 4 is 33.3 Å². The molecule has 0 unspecified atom stereocenters. The molecule has 0 fully saturated rings. The van der Waals surface area contributed by atoms with Gasteiger partial charge in [-0.05, 0) is 24.6 Å². The Hall–Kier alpha value is -3.12. The minimum Gasteiger partial charge on any atom is -0.494 e. The Morgan fingerprint density at radius 1 is 1.11 bits per heavy atom. The number of carbonyl (C=O) groups is 1. The van der Waals surface area contributed by atoms with E-state index in [4.69, 9.17) is 4.74 Å². The number of amides is 1. The summed E-state index contributed by atoms with van der Waals surface area (Å²) in [5.74, 6) is 0.771. The molecule has 6 heteroatoms. The van der Waals surface area contributed by atoms with Crippen molar-refractivity contribution in [2.24, 2.45) is 0 Å². The van der Waals surface area contributed by atoms with Crippen LogP contribution in [0.15, 0.2) is 66.2 Å². The van der Waals surface area contributed by atoms with E-state index < -0.39 is 0 Å². The summed E-state index contributed by atoms with van der Waals surface area (Å²) in [5.41, 5.74) is 2.98. The van der Waals surface area contributed by atoms with Crippen LogP contribution in [0.3, 0.4) is 0 Å². The smallest absolute Gasteiger partial charge is 0.226 e. The highest BCUT2D eigenvalue weighted by molar-refractivity contribution is 7.14. The van der Waals surface area contributed by atoms with E-state index in [1.165, 1.54) is 11.3 Å². The van der Waals surface area contributed by atoms with Gasteiger partial charge in [0, 0.05) is 34.5 Å². The third kappa shape index (κ3) is 4.17. The molecule has 4 aromatic rings. The number of nitrogens with one attached hydrogen (secondary N) is 2. The second-order valence-corrected chi connectivity index (χ2v) is 6.96. The molecular formula is C21H19N3O2S. The third-order valence-electron chi connectivity index (χ3n) is 4.18. The van der Waals surface area contributed by atoms with Gasteiger partial charge in [-0.2, -0.15) is 0 Å². The predicted molar refractivity (Wildman–Crippen MR) is 109 cm³/mol. The fourth-order valence-corrected chi connectivity index (χ4v) is 3.59. The van der Waals surface area contributed by atoms with E-state index in [0.29, 0.717) is 24.6 Å². The van der Waals surface area contributed by atoms with Crippen molar-refractivity contribution in [3.05, 3.63) is 66.2 Å². The maximum atomic E-state index is 12.1. The summed E-state index contributed by atoms with van der Waals surface area (Å²) in [6, 6.07) is 17.7. The number of aromatic amines is 1. The molecule has 5 nitrogen and oxygen atoms in total. The highest BCUT2D eigenvalue weighted by atomic mass is 32.1. The lowest BCUT2D eigenvalue weighted by Crippen LogP contribution is -2.12. The number of hydrogen-bond donors (Lipinski definition) is 2. The molecule has 2 heterocycles. The summed E-state index contributed by atoms with van der Waals surface area (Å²) in [4.78, 5) is 19.9. The van der Waals surface area contributed by atoms with Crippen LogP contribution in [0.2, 0.25) is 0 Å². The lowest BCUT2D eigenvalue weighted by atomic mass is 10.1. The molecule has 2 aromatic heterocycles. The Kier molecular flexibility index (Phi) is 5.16. The molecule has 0 aliphatic rings. The fourth-order valence-electron chi connectivity index (χ4n) is 2.86. The lowest BCUT2D eigenvalue weighted by Gasteiger charge is -2.05. The average molecular weight is 377 g/mol. The van der Waals surface area contributed by atoms with Gasteiger partial charge in [-0.15, -0.1) is 11.3 Å². The number of benzene rings is 2. The number of carbonyl (C=O) groups excluding carboxylic acids is 1. The maximum Gasteiger partial charge on any atom is 0.226 e. The zero-order valence-electron chi connectivity index (χ0n) is 14.6. The largest absolute Gasteiger partial charge is 0.494 e. The molecule has 0 atom stereocenters. The van der Waals surface area contributed by atoms with Gasteiger partial charge in [0.25, 0.3) is 0 Å². The number of anilines is 1. The monoisotopic (exact) mass is 377 g/mol. The van der Waals surface area contributed by atoms with E-state index in [1.807, 2.05) is 60.1 Å². The standard InChI is InChI=1S/C21H19N3O2S/c25-20(11-6-12-26-15-7-2-1-3-8-15)24-21-23-19(14-27-21)17-13-22-18-10-5-4-9-16(17)18/h1-5,7-10,13-14,22H,6,11-12H2,(H,23,24,25). The Bertz CT molecular complexity index is 1040. The van der Waals surface area contributed by atoms with Gasteiger partial charge in [-0.25, -0.2) is 4.98 Å². The minimum absolute atomic E-state index is 0.0495. The second kappa shape index (κ2) is 8.05. The second-order valence-electron chi connectivity index (χ2n) is 6.10. The SMILES string of the molecule is O=C(CCCOc1ccccc1)Nc1nc(-c2c[nH]c3ccccc23)cs1. The quantitative estimate of drug-likeness (QED) is 0.441. The van der Waals surface area contributed by atoms with Crippen molar-refractivity contribution in [2.45, 2.75) is 12.8 Å². The first-order valence-corrected chi connectivity index (χ1v) is 9.67. The number of nitrogens with zero attached hydrogens (tertiary/aromatic N) is 1. The van der Waals surface area contributed by atoms with Crippen molar-refractivity contribution < 1.29 is 9.53 Å². The number of H-pyrrole nitrogens is 1. The van der Waals surface area contributed by atoms with Crippen LogP contribution in [0, 0.1) is 0 Å². The maximum absolute atomic E-state index is 12.1. The lowest BCUT2D eigenvalue weighted by molar-refractivity contribution is -0.116. The van der Waals surface area contributed by atoms with Crippen molar-refractivity contribution in [2.75, 3.05) is 11.9 Å². The van der Waals surface area contributed by atoms with Crippen LogP contribution in [0.5, 0.6) is 5.75 Å². The molecule has 0 saturated carbocycles. The molecule has 0 bridgehead atoms. The zero-order valence-corrected chi connectivity index (χ0v) is 15.5. The van der Waals surface area contributed by atoms with Crippen molar-refractivity contribution in [3.63, 3.8) is 0 Å². The number of para-hydroxylation sites is 2. The normalized spacial score (nSPS) is 10.8. The van der Waals surface area contributed by atoms with Crippen molar-refractivity contribution in [3.8, 4) is 17.0 Å². The molecular weight excluding hydrogens is 358 g/mol. The van der Waals surface area contributed by atoms with Crippen LogP contribution in [-0.2, 0) is 4.79 Å².